The largest absolute Gasteiger partial charge is 0.389 e. The minimum absolute atomic E-state index is 0.354. The predicted octanol–water partition coefficient (Wildman–Crippen LogP) is 1.88. The molecule has 0 spiro atoms. The zero-order chi connectivity index (χ0) is 10.2. The number of hydrogen-bond acceptors (Lipinski definition) is 2. The van der Waals surface area contributed by atoms with Crippen molar-refractivity contribution in [3.8, 4) is 0 Å². The second-order valence-electron chi connectivity index (χ2n) is 5.60. The molecular weight excluding hydrogens is 174 g/mol. The molecule has 2 rings (SSSR count). The maximum absolute atomic E-state index is 10.2. The van der Waals surface area contributed by atoms with Gasteiger partial charge in [0.05, 0.1) is 5.60 Å². The molecule has 2 nitrogen and oxygen atoms in total. The second kappa shape index (κ2) is 3.82. The Balaban J connectivity index is 1.73. The van der Waals surface area contributed by atoms with E-state index in [4.69, 9.17) is 0 Å². The van der Waals surface area contributed by atoms with Crippen molar-refractivity contribution in [3.05, 3.63) is 0 Å². The summed E-state index contributed by atoms with van der Waals surface area (Å²) in [5, 5.41) is 10.2. The number of likely N-dealkylation sites (N-methyl/N-ethyl adjacent to an activating group) is 1. The average molecular weight is 197 g/mol. The van der Waals surface area contributed by atoms with Crippen LogP contribution in [0.15, 0.2) is 0 Å². The number of hydrogen-bond donors (Lipinski definition) is 1. The van der Waals surface area contributed by atoms with Crippen molar-refractivity contribution >= 4 is 0 Å². The van der Waals surface area contributed by atoms with E-state index in [1.165, 1.54) is 25.8 Å². The zero-order valence-corrected chi connectivity index (χ0v) is 9.50. The van der Waals surface area contributed by atoms with Gasteiger partial charge < -0.3 is 10.0 Å². The lowest BCUT2D eigenvalue weighted by atomic mass is 10.0. The Kier molecular flexibility index (Phi) is 2.85. The first kappa shape index (κ1) is 10.4. The molecule has 2 saturated carbocycles. The second-order valence-corrected chi connectivity index (χ2v) is 5.60. The third-order valence-electron chi connectivity index (χ3n) is 3.92. The van der Waals surface area contributed by atoms with E-state index in [0.29, 0.717) is 0 Å². The smallest absolute Gasteiger partial charge is 0.0774 e. The highest BCUT2D eigenvalue weighted by Crippen LogP contribution is 2.38. The minimum atomic E-state index is -0.354. The summed E-state index contributed by atoms with van der Waals surface area (Å²) in [6.07, 6.45) is 5.84. The van der Waals surface area contributed by atoms with Crippen LogP contribution in [0.1, 0.15) is 39.0 Å². The molecular formula is C12H23NO. The molecule has 2 aliphatic rings. The van der Waals surface area contributed by atoms with E-state index in [9.17, 15) is 5.11 Å². The summed E-state index contributed by atoms with van der Waals surface area (Å²) in [6, 6.07) is 0. The van der Waals surface area contributed by atoms with Crippen molar-refractivity contribution in [1.82, 2.24) is 4.90 Å². The lowest BCUT2D eigenvalue weighted by molar-refractivity contribution is 0.0151. The molecule has 0 radical (unpaired) electrons. The topological polar surface area (TPSA) is 23.5 Å². The highest BCUT2D eigenvalue weighted by Gasteiger charge is 2.36. The third kappa shape index (κ3) is 2.48. The molecule has 0 aromatic carbocycles. The van der Waals surface area contributed by atoms with Crippen molar-refractivity contribution in [2.75, 3.05) is 20.1 Å². The first-order valence-corrected chi connectivity index (χ1v) is 6.00. The van der Waals surface area contributed by atoms with Gasteiger partial charge in [-0.25, -0.2) is 0 Å². The molecule has 0 heterocycles. The Bertz CT molecular complexity index is 198. The molecule has 0 aromatic rings. The van der Waals surface area contributed by atoms with Gasteiger partial charge in [0.15, 0.2) is 0 Å². The van der Waals surface area contributed by atoms with Crippen molar-refractivity contribution in [2.45, 2.75) is 44.6 Å². The van der Waals surface area contributed by atoms with Gasteiger partial charge in [-0.15, -0.1) is 0 Å². The van der Waals surface area contributed by atoms with Gasteiger partial charge in [-0.2, -0.15) is 0 Å². The minimum Gasteiger partial charge on any atom is -0.389 e. The number of rotatable bonds is 4. The monoisotopic (exact) mass is 197 g/mol. The Labute approximate surface area is 87.3 Å². The molecule has 0 saturated heterocycles. The Morgan fingerprint density at radius 1 is 1.36 bits per heavy atom. The normalized spacial score (nSPS) is 35.1. The molecule has 14 heavy (non-hydrogen) atoms. The van der Waals surface area contributed by atoms with E-state index >= 15 is 0 Å². The summed E-state index contributed by atoms with van der Waals surface area (Å²) in [4.78, 5) is 2.33. The predicted molar refractivity (Wildman–Crippen MR) is 58.2 cm³/mol. The van der Waals surface area contributed by atoms with Gasteiger partial charge in [0.25, 0.3) is 0 Å². The van der Waals surface area contributed by atoms with Crippen molar-refractivity contribution in [1.29, 1.82) is 0 Å². The lowest BCUT2D eigenvalue weighted by Crippen LogP contribution is -2.40. The third-order valence-corrected chi connectivity index (χ3v) is 3.92. The number of nitrogens with zero attached hydrogens (tertiary/aromatic N) is 1. The maximum Gasteiger partial charge on any atom is 0.0774 e. The summed E-state index contributed by atoms with van der Waals surface area (Å²) < 4.78 is 0. The molecule has 2 fully saturated rings. The Hall–Kier alpha value is -0.0800. The van der Waals surface area contributed by atoms with E-state index in [1.54, 1.807) is 0 Å². The van der Waals surface area contributed by atoms with Crippen LogP contribution in [-0.4, -0.2) is 35.7 Å². The molecule has 0 bridgehead atoms. The van der Waals surface area contributed by atoms with E-state index in [0.717, 1.165) is 31.2 Å². The summed E-state index contributed by atoms with van der Waals surface area (Å²) in [6.45, 7) is 4.39. The van der Waals surface area contributed by atoms with Crippen molar-refractivity contribution in [3.63, 3.8) is 0 Å². The van der Waals surface area contributed by atoms with Crippen LogP contribution in [0.4, 0.5) is 0 Å². The van der Waals surface area contributed by atoms with Gasteiger partial charge >= 0.3 is 0 Å². The van der Waals surface area contributed by atoms with Crippen LogP contribution in [0.5, 0.6) is 0 Å². The molecule has 2 atom stereocenters. The molecule has 0 amide bonds. The lowest BCUT2D eigenvalue weighted by Gasteiger charge is -2.28. The molecule has 82 valence electrons. The first-order valence-electron chi connectivity index (χ1n) is 6.00. The summed E-state index contributed by atoms with van der Waals surface area (Å²) in [5.41, 5.74) is -0.354. The maximum atomic E-state index is 10.2. The van der Waals surface area contributed by atoms with E-state index in [1.807, 2.05) is 0 Å². The van der Waals surface area contributed by atoms with Crippen LogP contribution in [0.3, 0.4) is 0 Å². The summed E-state index contributed by atoms with van der Waals surface area (Å²) in [5.74, 6) is 1.83. The van der Waals surface area contributed by atoms with Crippen LogP contribution in [0.25, 0.3) is 0 Å². The average Bonchev–Trinajstić information content (AvgIpc) is 2.61. The molecule has 2 unspecified atom stereocenters. The Morgan fingerprint density at radius 3 is 2.43 bits per heavy atom. The molecule has 0 aromatic heterocycles. The van der Waals surface area contributed by atoms with Gasteiger partial charge in [-0.3, -0.25) is 0 Å². The van der Waals surface area contributed by atoms with Gasteiger partial charge in [0.1, 0.15) is 0 Å². The van der Waals surface area contributed by atoms with Crippen molar-refractivity contribution in [2.24, 2.45) is 11.8 Å². The highest BCUT2D eigenvalue weighted by atomic mass is 16.3. The van der Waals surface area contributed by atoms with Crippen LogP contribution in [0.2, 0.25) is 0 Å². The standard InChI is InChI=1S/C12H23NO/c1-10-7-11(10)8-13(2)9-12(14)5-3-4-6-12/h10-11,14H,3-9H2,1-2H3. The van der Waals surface area contributed by atoms with Crippen LogP contribution in [-0.2, 0) is 0 Å². The first-order chi connectivity index (χ1) is 6.59. The van der Waals surface area contributed by atoms with Crippen LogP contribution >= 0.6 is 0 Å². The summed E-state index contributed by atoms with van der Waals surface area (Å²) in [7, 11) is 2.15. The highest BCUT2D eigenvalue weighted by molar-refractivity contribution is 4.89. The van der Waals surface area contributed by atoms with Crippen molar-refractivity contribution < 1.29 is 5.11 Å². The summed E-state index contributed by atoms with van der Waals surface area (Å²) >= 11 is 0. The SMILES string of the molecule is CC1CC1CN(C)CC1(O)CCCC1. The molecule has 1 N–H and O–H groups in total. The van der Waals surface area contributed by atoms with E-state index < -0.39 is 0 Å². The van der Waals surface area contributed by atoms with Crippen LogP contribution in [0, 0.1) is 11.8 Å². The van der Waals surface area contributed by atoms with Gasteiger partial charge in [-0.1, -0.05) is 19.8 Å². The fourth-order valence-electron chi connectivity index (χ4n) is 2.81. The van der Waals surface area contributed by atoms with Gasteiger partial charge in [0.2, 0.25) is 0 Å². The molecule has 0 aliphatic heterocycles. The van der Waals surface area contributed by atoms with Gasteiger partial charge in [0, 0.05) is 13.1 Å². The fourth-order valence-corrected chi connectivity index (χ4v) is 2.81. The van der Waals surface area contributed by atoms with E-state index in [-0.39, 0.29) is 5.60 Å². The quantitative estimate of drug-likeness (QED) is 0.744. The number of aliphatic hydroxyl groups is 1. The zero-order valence-electron chi connectivity index (χ0n) is 9.50. The fraction of sp³-hybridized carbons (Fsp3) is 1.00. The van der Waals surface area contributed by atoms with E-state index in [2.05, 4.69) is 18.9 Å². The van der Waals surface area contributed by atoms with Crippen LogP contribution < -0.4 is 0 Å². The Morgan fingerprint density at radius 2 is 1.93 bits per heavy atom. The molecule has 2 heteroatoms. The molecule has 2 aliphatic carbocycles. The van der Waals surface area contributed by atoms with Gasteiger partial charge in [-0.05, 0) is 38.1 Å².